The molecule has 0 fully saturated rings. The third kappa shape index (κ3) is 3.68. The van der Waals surface area contributed by atoms with Crippen molar-refractivity contribution in [3.05, 3.63) is 36.0 Å². The average Bonchev–Trinajstić information content (AvgIpc) is 3.01. The first-order chi connectivity index (χ1) is 10.2. The van der Waals surface area contributed by atoms with E-state index in [0.29, 0.717) is 6.54 Å². The first-order valence-electron chi connectivity index (χ1n) is 7.51. The van der Waals surface area contributed by atoms with E-state index in [0.717, 1.165) is 36.3 Å². The number of benzene rings is 1. The molecule has 0 bridgehead atoms. The summed E-state index contributed by atoms with van der Waals surface area (Å²) in [6, 6.07) is 10.0. The van der Waals surface area contributed by atoms with Crippen LogP contribution < -0.4 is 5.32 Å². The summed E-state index contributed by atoms with van der Waals surface area (Å²) in [6.07, 6.45) is 1.91. The Morgan fingerprint density at radius 2 is 1.86 bits per heavy atom. The summed E-state index contributed by atoms with van der Waals surface area (Å²) in [5, 5.41) is 24.2. The lowest BCUT2D eigenvalue weighted by Gasteiger charge is -2.29. The summed E-state index contributed by atoms with van der Waals surface area (Å²) in [4.78, 5) is 0. The topological polar surface area (TPSA) is 73.8 Å². The Balaban J connectivity index is 2.01. The van der Waals surface area contributed by atoms with Gasteiger partial charge in [0.15, 0.2) is 0 Å². The zero-order valence-corrected chi connectivity index (χ0v) is 12.8. The van der Waals surface area contributed by atoms with Crippen LogP contribution in [0, 0.1) is 5.41 Å². The number of rotatable bonds is 8. The highest BCUT2D eigenvalue weighted by molar-refractivity contribution is 5.60. The van der Waals surface area contributed by atoms with Crippen LogP contribution in [0.1, 0.15) is 32.4 Å². The maximum Gasteiger partial charge on any atom is 0.117 e. The zero-order chi connectivity index (χ0) is 15.1. The SMILES string of the molecule is CCC(CC)(CO)CNCc1n[nH]nc1-c1ccccc1. The molecule has 1 aromatic heterocycles. The molecule has 2 aromatic rings. The molecule has 2 rings (SSSR count). The fourth-order valence-corrected chi connectivity index (χ4v) is 2.43. The molecule has 0 atom stereocenters. The Kier molecular flexibility index (Phi) is 5.47. The highest BCUT2D eigenvalue weighted by Crippen LogP contribution is 2.25. The number of nitrogens with one attached hydrogen (secondary N) is 2. The van der Waals surface area contributed by atoms with Gasteiger partial charge in [-0.2, -0.15) is 15.4 Å². The molecule has 0 aliphatic heterocycles. The van der Waals surface area contributed by atoms with Crippen LogP contribution in [0.25, 0.3) is 11.3 Å². The maximum absolute atomic E-state index is 9.59. The molecule has 0 saturated heterocycles. The number of H-pyrrole nitrogens is 1. The molecule has 1 heterocycles. The van der Waals surface area contributed by atoms with E-state index >= 15 is 0 Å². The van der Waals surface area contributed by atoms with E-state index < -0.39 is 0 Å². The molecule has 114 valence electrons. The third-order valence-electron chi connectivity index (χ3n) is 4.30. The predicted octanol–water partition coefficient (Wildman–Crippen LogP) is 2.36. The second-order valence-electron chi connectivity index (χ2n) is 5.45. The van der Waals surface area contributed by atoms with Crippen LogP contribution in [0.5, 0.6) is 0 Å². The Hall–Kier alpha value is -1.72. The van der Waals surface area contributed by atoms with Gasteiger partial charge in [0.05, 0.1) is 0 Å². The van der Waals surface area contributed by atoms with Crippen molar-refractivity contribution in [1.82, 2.24) is 20.7 Å². The number of hydrogen-bond donors (Lipinski definition) is 3. The van der Waals surface area contributed by atoms with Crippen LogP contribution in [0.4, 0.5) is 0 Å². The number of hydrogen-bond acceptors (Lipinski definition) is 4. The Morgan fingerprint density at radius 1 is 1.14 bits per heavy atom. The van der Waals surface area contributed by atoms with Gasteiger partial charge < -0.3 is 10.4 Å². The number of aliphatic hydroxyl groups excluding tert-OH is 1. The average molecular weight is 288 g/mol. The minimum Gasteiger partial charge on any atom is -0.396 e. The van der Waals surface area contributed by atoms with E-state index in [4.69, 9.17) is 0 Å². The van der Waals surface area contributed by atoms with Gasteiger partial charge in [-0.05, 0) is 12.8 Å². The molecule has 0 aliphatic carbocycles. The molecule has 1 aromatic carbocycles. The van der Waals surface area contributed by atoms with Gasteiger partial charge in [-0.1, -0.05) is 44.2 Å². The molecule has 0 unspecified atom stereocenters. The van der Waals surface area contributed by atoms with Crippen molar-refractivity contribution in [2.24, 2.45) is 5.41 Å². The molecule has 0 amide bonds. The second kappa shape index (κ2) is 7.33. The molecule has 5 heteroatoms. The van der Waals surface area contributed by atoms with Gasteiger partial charge in [-0.25, -0.2) is 0 Å². The molecule has 5 nitrogen and oxygen atoms in total. The van der Waals surface area contributed by atoms with Crippen molar-refractivity contribution in [2.45, 2.75) is 33.2 Å². The van der Waals surface area contributed by atoms with Crippen molar-refractivity contribution < 1.29 is 5.11 Å². The van der Waals surface area contributed by atoms with Crippen molar-refractivity contribution >= 4 is 0 Å². The number of aromatic amines is 1. The van der Waals surface area contributed by atoms with E-state index in [-0.39, 0.29) is 12.0 Å². The monoisotopic (exact) mass is 288 g/mol. The van der Waals surface area contributed by atoms with Gasteiger partial charge in [-0.15, -0.1) is 0 Å². The minimum absolute atomic E-state index is 0.0450. The first kappa shape index (κ1) is 15.7. The van der Waals surface area contributed by atoms with Crippen molar-refractivity contribution in [3.8, 4) is 11.3 Å². The molecule has 0 radical (unpaired) electrons. The lowest BCUT2D eigenvalue weighted by Crippen LogP contribution is -2.36. The Bertz CT molecular complexity index is 526. The smallest absolute Gasteiger partial charge is 0.117 e. The van der Waals surface area contributed by atoms with Crippen LogP contribution in [0.2, 0.25) is 0 Å². The van der Waals surface area contributed by atoms with E-state index in [2.05, 4.69) is 34.6 Å². The number of aliphatic hydroxyl groups is 1. The summed E-state index contributed by atoms with van der Waals surface area (Å²) in [5.41, 5.74) is 2.80. The lowest BCUT2D eigenvalue weighted by molar-refractivity contribution is 0.113. The number of aromatic nitrogens is 3. The summed E-state index contributed by atoms with van der Waals surface area (Å²) in [5.74, 6) is 0. The summed E-state index contributed by atoms with van der Waals surface area (Å²) < 4.78 is 0. The van der Waals surface area contributed by atoms with E-state index in [1.165, 1.54) is 0 Å². The minimum atomic E-state index is -0.0450. The standard InChI is InChI=1S/C16H24N4O/c1-3-16(4-2,12-21)11-17-10-14-15(19-20-18-14)13-8-6-5-7-9-13/h5-9,17,21H,3-4,10-12H2,1-2H3,(H,18,19,20). The fraction of sp³-hybridized carbons (Fsp3) is 0.500. The summed E-state index contributed by atoms with van der Waals surface area (Å²) in [6.45, 7) is 5.86. The van der Waals surface area contributed by atoms with Gasteiger partial charge >= 0.3 is 0 Å². The van der Waals surface area contributed by atoms with Crippen molar-refractivity contribution in [3.63, 3.8) is 0 Å². The maximum atomic E-state index is 9.59. The highest BCUT2D eigenvalue weighted by Gasteiger charge is 2.24. The van der Waals surface area contributed by atoms with Crippen LogP contribution in [-0.4, -0.2) is 33.7 Å². The Labute approximate surface area is 125 Å². The van der Waals surface area contributed by atoms with Gasteiger partial charge in [0.25, 0.3) is 0 Å². The Morgan fingerprint density at radius 3 is 2.48 bits per heavy atom. The van der Waals surface area contributed by atoms with E-state index in [1.807, 2.05) is 30.3 Å². The zero-order valence-electron chi connectivity index (χ0n) is 12.8. The molecule has 0 aliphatic rings. The highest BCUT2D eigenvalue weighted by atomic mass is 16.3. The summed E-state index contributed by atoms with van der Waals surface area (Å²) >= 11 is 0. The third-order valence-corrected chi connectivity index (χ3v) is 4.30. The fourth-order valence-electron chi connectivity index (χ4n) is 2.43. The molecule has 3 N–H and O–H groups in total. The van der Waals surface area contributed by atoms with Crippen LogP contribution in [0.15, 0.2) is 30.3 Å². The quantitative estimate of drug-likeness (QED) is 0.697. The van der Waals surface area contributed by atoms with E-state index in [9.17, 15) is 5.11 Å². The first-order valence-corrected chi connectivity index (χ1v) is 7.51. The van der Waals surface area contributed by atoms with Crippen LogP contribution in [0.3, 0.4) is 0 Å². The molecular weight excluding hydrogens is 264 g/mol. The largest absolute Gasteiger partial charge is 0.396 e. The lowest BCUT2D eigenvalue weighted by atomic mass is 9.83. The predicted molar refractivity (Wildman–Crippen MR) is 83.6 cm³/mol. The molecule has 0 spiro atoms. The molecular formula is C16H24N4O. The molecule has 21 heavy (non-hydrogen) atoms. The van der Waals surface area contributed by atoms with Crippen molar-refractivity contribution in [1.29, 1.82) is 0 Å². The van der Waals surface area contributed by atoms with Crippen LogP contribution >= 0.6 is 0 Å². The van der Waals surface area contributed by atoms with Crippen molar-refractivity contribution in [2.75, 3.05) is 13.2 Å². The van der Waals surface area contributed by atoms with Gasteiger partial charge in [0.2, 0.25) is 0 Å². The van der Waals surface area contributed by atoms with Gasteiger partial charge in [0.1, 0.15) is 11.4 Å². The van der Waals surface area contributed by atoms with Gasteiger partial charge in [0, 0.05) is 30.7 Å². The number of nitrogens with zero attached hydrogens (tertiary/aromatic N) is 2. The van der Waals surface area contributed by atoms with E-state index in [1.54, 1.807) is 0 Å². The summed E-state index contributed by atoms with van der Waals surface area (Å²) in [7, 11) is 0. The normalized spacial score (nSPS) is 11.8. The van der Waals surface area contributed by atoms with Gasteiger partial charge in [-0.3, -0.25) is 0 Å². The second-order valence-corrected chi connectivity index (χ2v) is 5.45. The molecule has 0 saturated carbocycles. The van der Waals surface area contributed by atoms with Crippen LogP contribution in [-0.2, 0) is 6.54 Å².